The zero-order chi connectivity index (χ0) is 17.3. The molecule has 1 aromatic rings. The molecule has 0 fully saturated rings. The van der Waals surface area contributed by atoms with Crippen LogP contribution in [-0.4, -0.2) is 23.6 Å². The van der Waals surface area contributed by atoms with Gasteiger partial charge in [0.05, 0.1) is 12.2 Å². The predicted molar refractivity (Wildman–Crippen MR) is 94.9 cm³/mol. The zero-order valence-corrected chi connectivity index (χ0v) is 14.9. The Morgan fingerprint density at radius 1 is 1.13 bits per heavy atom. The van der Waals surface area contributed by atoms with Gasteiger partial charge >= 0.3 is 0 Å². The second kappa shape index (κ2) is 8.88. The molecule has 0 aliphatic carbocycles. The summed E-state index contributed by atoms with van der Waals surface area (Å²) in [5.74, 6) is 0.894. The summed E-state index contributed by atoms with van der Waals surface area (Å²) in [6.45, 7) is 12.3. The Hall–Kier alpha value is -1.61. The number of carbonyl (C=O) groups excluding carboxylic acids is 1. The summed E-state index contributed by atoms with van der Waals surface area (Å²) in [5.41, 5.74) is -0.717. The van der Waals surface area contributed by atoms with E-state index in [9.17, 15) is 4.79 Å². The van der Waals surface area contributed by atoms with Gasteiger partial charge in [-0.05, 0) is 44.9 Å². The van der Waals surface area contributed by atoms with Crippen LogP contribution in [0.1, 0.15) is 53.4 Å². The van der Waals surface area contributed by atoms with Crippen molar-refractivity contribution in [3.05, 3.63) is 43.0 Å². The van der Waals surface area contributed by atoms with Crippen molar-refractivity contribution in [2.45, 2.75) is 64.6 Å². The number of hydrogen-bond acceptors (Lipinski definition) is 3. The van der Waals surface area contributed by atoms with Crippen LogP contribution in [0.3, 0.4) is 0 Å². The van der Waals surface area contributed by atoms with E-state index in [0.29, 0.717) is 13.0 Å². The highest BCUT2D eigenvalue weighted by Crippen LogP contribution is 2.27. The molecule has 0 N–H and O–H groups in total. The van der Waals surface area contributed by atoms with E-state index in [1.54, 1.807) is 0 Å². The summed E-state index contributed by atoms with van der Waals surface area (Å²) in [5, 5.41) is 0. The normalized spacial score (nSPS) is 16.2. The van der Waals surface area contributed by atoms with Crippen LogP contribution in [0.4, 0.5) is 0 Å². The number of carbonyl (C=O) groups is 1. The molecule has 128 valence electrons. The van der Waals surface area contributed by atoms with E-state index in [1.807, 2.05) is 44.2 Å². The first-order valence-corrected chi connectivity index (χ1v) is 8.39. The van der Waals surface area contributed by atoms with Crippen molar-refractivity contribution < 1.29 is 14.3 Å². The lowest BCUT2D eigenvalue weighted by Crippen LogP contribution is -2.36. The van der Waals surface area contributed by atoms with Crippen molar-refractivity contribution in [3.8, 4) is 5.75 Å². The van der Waals surface area contributed by atoms with Crippen molar-refractivity contribution in [1.82, 2.24) is 0 Å². The maximum Gasteiger partial charge on any atom is 0.157 e. The van der Waals surface area contributed by atoms with Gasteiger partial charge in [-0.15, -0.1) is 0 Å². The molecule has 0 aliphatic rings. The molecule has 23 heavy (non-hydrogen) atoms. The maximum absolute atomic E-state index is 11.6. The summed E-state index contributed by atoms with van der Waals surface area (Å²) in [6, 6.07) is 9.85. The van der Waals surface area contributed by atoms with Crippen LogP contribution in [0.15, 0.2) is 43.0 Å². The fraction of sp³-hybridized carbons (Fsp3) is 0.550. The maximum atomic E-state index is 11.6. The molecule has 2 atom stereocenters. The highest BCUT2D eigenvalue weighted by Gasteiger charge is 2.29. The molecule has 0 aromatic heterocycles. The molecule has 0 bridgehead atoms. The SMILES string of the molecule is C=CC(=O)CC(C)(CC)OCCC(C)(CC)Oc1ccccc1. The smallest absolute Gasteiger partial charge is 0.157 e. The molecule has 0 heterocycles. The average Bonchev–Trinajstić information content (AvgIpc) is 2.55. The lowest BCUT2D eigenvalue weighted by molar-refractivity contribution is -0.123. The Bertz CT molecular complexity index is 497. The van der Waals surface area contributed by atoms with E-state index in [-0.39, 0.29) is 11.4 Å². The van der Waals surface area contributed by atoms with Crippen molar-refractivity contribution in [1.29, 1.82) is 0 Å². The number of ketones is 1. The minimum absolute atomic E-state index is 0.0214. The van der Waals surface area contributed by atoms with E-state index in [1.165, 1.54) is 6.08 Å². The third kappa shape index (κ3) is 6.57. The summed E-state index contributed by atoms with van der Waals surface area (Å²) >= 11 is 0. The topological polar surface area (TPSA) is 35.5 Å². The number of benzene rings is 1. The molecule has 1 aromatic carbocycles. The highest BCUT2D eigenvalue weighted by atomic mass is 16.5. The van der Waals surface area contributed by atoms with Crippen molar-refractivity contribution in [2.75, 3.05) is 6.61 Å². The fourth-order valence-electron chi connectivity index (χ4n) is 2.31. The van der Waals surface area contributed by atoms with E-state index in [2.05, 4.69) is 20.4 Å². The molecule has 0 aliphatic heterocycles. The first-order valence-electron chi connectivity index (χ1n) is 8.39. The average molecular weight is 318 g/mol. The Morgan fingerprint density at radius 3 is 2.26 bits per heavy atom. The molecule has 1 rings (SSSR count). The van der Waals surface area contributed by atoms with Gasteiger partial charge in [-0.1, -0.05) is 38.6 Å². The van der Waals surface area contributed by atoms with Crippen LogP contribution in [-0.2, 0) is 9.53 Å². The molecule has 0 radical (unpaired) electrons. The van der Waals surface area contributed by atoms with Crippen LogP contribution in [0.25, 0.3) is 0 Å². The number of hydrogen-bond donors (Lipinski definition) is 0. The Balaban J connectivity index is 2.59. The van der Waals surface area contributed by atoms with Gasteiger partial charge in [0, 0.05) is 12.8 Å². The predicted octanol–water partition coefficient (Wildman–Crippen LogP) is 4.95. The van der Waals surface area contributed by atoms with Crippen molar-refractivity contribution >= 4 is 5.78 Å². The Morgan fingerprint density at radius 2 is 1.74 bits per heavy atom. The molecule has 0 saturated heterocycles. The van der Waals surface area contributed by atoms with Crippen LogP contribution < -0.4 is 4.74 Å². The van der Waals surface area contributed by atoms with Gasteiger partial charge in [0.2, 0.25) is 0 Å². The number of para-hydroxylation sites is 1. The molecule has 2 unspecified atom stereocenters. The van der Waals surface area contributed by atoms with E-state index >= 15 is 0 Å². The number of rotatable bonds is 11. The van der Waals surface area contributed by atoms with Gasteiger partial charge in [-0.25, -0.2) is 0 Å². The van der Waals surface area contributed by atoms with E-state index in [0.717, 1.165) is 25.0 Å². The minimum atomic E-state index is -0.438. The minimum Gasteiger partial charge on any atom is -0.488 e. The van der Waals surface area contributed by atoms with Gasteiger partial charge in [0.1, 0.15) is 11.4 Å². The van der Waals surface area contributed by atoms with Crippen LogP contribution >= 0.6 is 0 Å². The summed E-state index contributed by atoms with van der Waals surface area (Å²) in [4.78, 5) is 11.6. The Kier molecular flexibility index (Phi) is 7.50. The van der Waals surface area contributed by atoms with E-state index in [4.69, 9.17) is 9.47 Å². The standard InChI is InChI=1S/C20H30O3/c1-6-17(21)16-20(5,8-3)22-15-14-19(4,7-2)23-18-12-10-9-11-13-18/h6,9-13H,1,7-8,14-16H2,2-5H3. The second-order valence-electron chi connectivity index (χ2n) is 6.47. The van der Waals surface area contributed by atoms with Gasteiger partial charge in [-0.3, -0.25) is 4.79 Å². The molecule has 0 amide bonds. The molecule has 0 spiro atoms. The lowest BCUT2D eigenvalue weighted by atomic mass is 9.95. The first kappa shape index (κ1) is 19.4. The second-order valence-corrected chi connectivity index (χ2v) is 6.47. The molecule has 3 heteroatoms. The van der Waals surface area contributed by atoms with Crippen LogP contribution in [0, 0.1) is 0 Å². The fourth-order valence-corrected chi connectivity index (χ4v) is 2.31. The largest absolute Gasteiger partial charge is 0.488 e. The van der Waals surface area contributed by atoms with Gasteiger partial charge < -0.3 is 9.47 Å². The lowest BCUT2D eigenvalue weighted by Gasteiger charge is -2.33. The number of ether oxygens (including phenoxy) is 2. The third-order valence-corrected chi connectivity index (χ3v) is 4.46. The van der Waals surface area contributed by atoms with Crippen LogP contribution in [0.5, 0.6) is 5.75 Å². The van der Waals surface area contributed by atoms with Crippen LogP contribution in [0.2, 0.25) is 0 Å². The van der Waals surface area contributed by atoms with Gasteiger partial charge in [0.15, 0.2) is 5.78 Å². The third-order valence-electron chi connectivity index (χ3n) is 4.46. The van der Waals surface area contributed by atoms with Gasteiger partial charge in [0.25, 0.3) is 0 Å². The van der Waals surface area contributed by atoms with Crippen molar-refractivity contribution in [3.63, 3.8) is 0 Å². The first-order chi connectivity index (χ1) is 10.9. The van der Waals surface area contributed by atoms with E-state index < -0.39 is 5.60 Å². The molecular weight excluding hydrogens is 288 g/mol. The quantitative estimate of drug-likeness (QED) is 0.541. The summed E-state index contributed by atoms with van der Waals surface area (Å²) < 4.78 is 12.2. The zero-order valence-electron chi connectivity index (χ0n) is 14.9. The monoisotopic (exact) mass is 318 g/mol. The molecule has 0 saturated carbocycles. The van der Waals surface area contributed by atoms with Gasteiger partial charge in [-0.2, -0.15) is 0 Å². The summed E-state index contributed by atoms with van der Waals surface area (Å²) in [7, 11) is 0. The molecular formula is C20H30O3. The molecule has 3 nitrogen and oxygen atoms in total. The Labute approximate surface area is 140 Å². The number of allylic oxidation sites excluding steroid dienone is 1. The summed E-state index contributed by atoms with van der Waals surface area (Å²) in [6.07, 6.45) is 4.19. The van der Waals surface area contributed by atoms with Crippen molar-refractivity contribution in [2.24, 2.45) is 0 Å². The highest BCUT2D eigenvalue weighted by molar-refractivity contribution is 5.89.